The normalized spacial score (nSPS) is 16.2. The number of nitrogens with one attached hydrogen (secondary N) is 1. The van der Waals surface area contributed by atoms with E-state index in [-0.39, 0.29) is 12.4 Å². The van der Waals surface area contributed by atoms with E-state index in [0.717, 1.165) is 54.9 Å². The minimum absolute atomic E-state index is 0. The molecule has 0 unspecified atom stereocenters. The van der Waals surface area contributed by atoms with Crippen molar-refractivity contribution >= 4 is 34.5 Å². The summed E-state index contributed by atoms with van der Waals surface area (Å²) in [6, 6.07) is 5.51. The molecule has 110 valence electrons. The fraction of sp³-hybridized carbons (Fsp3) is 0.462. The summed E-state index contributed by atoms with van der Waals surface area (Å²) >= 11 is 7.59. The zero-order valence-electron chi connectivity index (χ0n) is 10.9. The average molecular weight is 335 g/mol. The van der Waals surface area contributed by atoms with Crippen LogP contribution in [0.25, 0.3) is 11.1 Å². The number of aromatic nitrogens is 1. The van der Waals surface area contributed by atoms with Crippen LogP contribution in [0.2, 0.25) is 5.02 Å². The maximum atomic E-state index is 5.93. The van der Waals surface area contributed by atoms with Crippen LogP contribution in [0.4, 0.5) is 0 Å². The zero-order valence-corrected chi connectivity index (χ0v) is 13.2. The van der Waals surface area contributed by atoms with Gasteiger partial charge in [0.2, 0.25) is 0 Å². The number of rotatable bonds is 4. The van der Waals surface area contributed by atoms with E-state index in [1.807, 2.05) is 18.2 Å². The molecule has 1 saturated heterocycles. The largest absolute Gasteiger partial charge is 1.00 e. The predicted octanol–water partition coefficient (Wildman–Crippen LogP) is -1.51. The second kappa shape index (κ2) is 7.52. The molecule has 0 radical (unpaired) electrons. The first-order valence-electron chi connectivity index (χ1n) is 6.41. The Morgan fingerprint density at radius 1 is 1.30 bits per heavy atom. The fourth-order valence-corrected chi connectivity index (χ4v) is 3.18. The van der Waals surface area contributed by atoms with E-state index < -0.39 is 0 Å². The van der Waals surface area contributed by atoms with Crippen LogP contribution in [0, 0.1) is 0 Å². The minimum Gasteiger partial charge on any atom is -1.00 e. The van der Waals surface area contributed by atoms with Crippen molar-refractivity contribution in [2.45, 2.75) is 5.22 Å². The third kappa shape index (κ3) is 4.02. The quantitative estimate of drug-likeness (QED) is 0.690. The van der Waals surface area contributed by atoms with Gasteiger partial charge in [-0.2, -0.15) is 0 Å². The molecule has 4 nitrogen and oxygen atoms in total. The van der Waals surface area contributed by atoms with Crippen LogP contribution in [0.15, 0.2) is 27.8 Å². The highest BCUT2D eigenvalue weighted by molar-refractivity contribution is 7.99. The van der Waals surface area contributed by atoms with Crippen molar-refractivity contribution in [2.24, 2.45) is 0 Å². The summed E-state index contributed by atoms with van der Waals surface area (Å²) in [5.41, 5.74) is 1.62. The van der Waals surface area contributed by atoms with Crippen molar-refractivity contribution in [3.8, 4) is 0 Å². The molecule has 1 N–H and O–H groups in total. The van der Waals surface area contributed by atoms with Gasteiger partial charge < -0.3 is 26.5 Å². The smallest absolute Gasteiger partial charge is 0.256 e. The summed E-state index contributed by atoms with van der Waals surface area (Å²) < 4.78 is 11.0. The highest BCUT2D eigenvalue weighted by Gasteiger charge is 2.14. The zero-order chi connectivity index (χ0) is 13.1. The van der Waals surface area contributed by atoms with Crippen LogP contribution in [0.5, 0.6) is 0 Å². The molecule has 0 atom stereocenters. The molecule has 1 aromatic heterocycles. The molecule has 20 heavy (non-hydrogen) atoms. The van der Waals surface area contributed by atoms with Gasteiger partial charge in [0.05, 0.1) is 25.5 Å². The maximum Gasteiger partial charge on any atom is 0.256 e. The van der Waals surface area contributed by atoms with Gasteiger partial charge in [0.1, 0.15) is 18.6 Å². The van der Waals surface area contributed by atoms with Crippen LogP contribution in [0.3, 0.4) is 0 Å². The molecule has 0 amide bonds. The molecular formula is C13H16Cl2N2O2S. The first-order valence-corrected chi connectivity index (χ1v) is 7.78. The Kier molecular flexibility index (Phi) is 5.99. The van der Waals surface area contributed by atoms with E-state index in [9.17, 15) is 0 Å². The Balaban J connectivity index is 0.00000147. The Hall–Kier alpha value is -0.460. The van der Waals surface area contributed by atoms with Crippen LogP contribution in [-0.4, -0.2) is 43.6 Å². The Morgan fingerprint density at radius 3 is 2.90 bits per heavy atom. The average Bonchev–Trinajstić information content (AvgIpc) is 2.82. The van der Waals surface area contributed by atoms with E-state index in [0.29, 0.717) is 5.02 Å². The molecule has 0 spiro atoms. The number of quaternary nitrogens is 1. The topological polar surface area (TPSA) is 39.7 Å². The molecule has 1 fully saturated rings. The Morgan fingerprint density at radius 2 is 2.10 bits per heavy atom. The summed E-state index contributed by atoms with van der Waals surface area (Å²) in [5, 5.41) is 1.42. The summed E-state index contributed by atoms with van der Waals surface area (Å²) in [6.45, 7) is 5.07. The number of ether oxygens (including phenoxy) is 1. The lowest BCUT2D eigenvalue weighted by molar-refractivity contribution is -0.905. The number of oxazole rings is 1. The Labute approximate surface area is 133 Å². The van der Waals surface area contributed by atoms with Crippen LogP contribution in [0.1, 0.15) is 0 Å². The molecule has 3 rings (SSSR count). The van der Waals surface area contributed by atoms with Gasteiger partial charge in [-0.05, 0) is 18.2 Å². The highest BCUT2D eigenvalue weighted by atomic mass is 35.5. The van der Waals surface area contributed by atoms with Gasteiger partial charge in [0.25, 0.3) is 5.22 Å². The first kappa shape index (κ1) is 15.9. The number of thioether (sulfide) groups is 1. The number of hydrogen-bond acceptors (Lipinski definition) is 4. The lowest BCUT2D eigenvalue weighted by atomic mass is 10.3. The van der Waals surface area contributed by atoms with Gasteiger partial charge in [0.15, 0.2) is 5.58 Å². The summed E-state index contributed by atoms with van der Waals surface area (Å²) in [6.07, 6.45) is 0. The maximum absolute atomic E-state index is 5.93. The monoisotopic (exact) mass is 334 g/mol. The van der Waals surface area contributed by atoms with Crippen LogP contribution >= 0.6 is 23.4 Å². The standard InChI is InChI=1S/C13H15ClN2O2S.ClH/c14-10-1-2-12-11(9-10)15-13(18-12)19-8-5-16-3-6-17-7-4-16;/h1-2,9H,3-8H2;1H. The molecular weight excluding hydrogens is 319 g/mol. The minimum atomic E-state index is 0. The van der Waals surface area contributed by atoms with Crippen molar-refractivity contribution in [1.29, 1.82) is 0 Å². The summed E-state index contributed by atoms with van der Waals surface area (Å²) in [5.74, 6) is 1.01. The van der Waals surface area contributed by atoms with Crippen molar-refractivity contribution in [3.63, 3.8) is 0 Å². The van der Waals surface area contributed by atoms with Gasteiger partial charge in [-0.3, -0.25) is 0 Å². The number of hydrogen-bond donors (Lipinski definition) is 1. The van der Waals surface area contributed by atoms with E-state index in [1.54, 1.807) is 16.7 Å². The lowest BCUT2D eigenvalue weighted by Crippen LogP contribution is -3.14. The van der Waals surface area contributed by atoms with Gasteiger partial charge >= 0.3 is 0 Å². The first-order chi connectivity index (χ1) is 9.31. The van der Waals surface area contributed by atoms with Crippen molar-refractivity contribution < 1.29 is 26.5 Å². The predicted molar refractivity (Wildman–Crippen MR) is 76.1 cm³/mol. The highest BCUT2D eigenvalue weighted by Crippen LogP contribution is 2.25. The number of benzene rings is 1. The van der Waals surface area contributed by atoms with Crippen molar-refractivity contribution in [2.75, 3.05) is 38.6 Å². The number of halogens is 2. The fourth-order valence-electron chi connectivity index (χ4n) is 2.13. The molecule has 2 heterocycles. The number of morpholine rings is 1. The van der Waals surface area contributed by atoms with Gasteiger partial charge in [0, 0.05) is 5.02 Å². The van der Waals surface area contributed by atoms with Crippen molar-refractivity contribution in [3.05, 3.63) is 23.2 Å². The molecule has 1 aliphatic heterocycles. The Bertz CT molecular complexity index is 558. The molecule has 1 aliphatic rings. The van der Waals surface area contributed by atoms with E-state index in [4.69, 9.17) is 20.8 Å². The molecule has 0 saturated carbocycles. The number of fused-ring (bicyclic) bond motifs is 1. The van der Waals surface area contributed by atoms with Crippen LogP contribution in [-0.2, 0) is 4.74 Å². The van der Waals surface area contributed by atoms with E-state index >= 15 is 0 Å². The molecule has 7 heteroatoms. The SMILES string of the molecule is Clc1ccc2oc(SCC[NH+]3CCOCC3)nc2c1.[Cl-]. The van der Waals surface area contributed by atoms with Crippen molar-refractivity contribution in [1.82, 2.24) is 4.98 Å². The lowest BCUT2D eigenvalue weighted by Gasteiger charge is -2.23. The van der Waals surface area contributed by atoms with Gasteiger partial charge in [-0.1, -0.05) is 23.4 Å². The van der Waals surface area contributed by atoms with E-state index in [1.165, 1.54) is 0 Å². The third-order valence-electron chi connectivity index (χ3n) is 3.21. The number of nitrogens with zero attached hydrogens (tertiary/aromatic N) is 1. The van der Waals surface area contributed by atoms with E-state index in [2.05, 4.69) is 4.98 Å². The molecule has 0 bridgehead atoms. The summed E-state index contributed by atoms with van der Waals surface area (Å²) in [4.78, 5) is 6.03. The van der Waals surface area contributed by atoms with Gasteiger partial charge in [-0.25, -0.2) is 4.98 Å². The third-order valence-corrected chi connectivity index (χ3v) is 4.28. The second-order valence-corrected chi connectivity index (χ2v) is 6.04. The molecule has 1 aromatic carbocycles. The van der Waals surface area contributed by atoms with Gasteiger partial charge in [-0.15, -0.1) is 0 Å². The second-order valence-electron chi connectivity index (χ2n) is 4.55. The van der Waals surface area contributed by atoms with Crippen LogP contribution < -0.4 is 17.3 Å². The molecule has 0 aliphatic carbocycles. The molecule has 2 aromatic rings. The summed E-state index contributed by atoms with van der Waals surface area (Å²) in [7, 11) is 0.